The Labute approximate surface area is 153 Å². The highest BCUT2D eigenvalue weighted by Crippen LogP contribution is 2.32. The van der Waals surface area contributed by atoms with E-state index in [2.05, 4.69) is 0 Å². The summed E-state index contributed by atoms with van der Waals surface area (Å²) in [5.41, 5.74) is -4.87. The number of carbonyl (C=O) groups is 1. The number of carbonyl (C=O) groups excluding carboxylic acids is 1. The van der Waals surface area contributed by atoms with E-state index in [4.69, 9.17) is 16.3 Å². The molecule has 1 atom stereocenters. The third-order valence-electron chi connectivity index (χ3n) is 2.77. The third-order valence-corrected chi connectivity index (χ3v) is 4.15. The lowest BCUT2D eigenvalue weighted by Gasteiger charge is -2.15. The van der Waals surface area contributed by atoms with Crippen molar-refractivity contribution in [2.75, 3.05) is 18.9 Å². The average molecular weight is 428 g/mol. The Morgan fingerprint density at radius 3 is 2.42 bits per heavy atom. The van der Waals surface area contributed by atoms with Crippen LogP contribution < -0.4 is 10.1 Å². The lowest BCUT2D eigenvalue weighted by atomic mass is 10.2. The van der Waals surface area contributed by atoms with E-state index in [1.807, 2.05) is 0 Å². The van der Waals surface area contributed by atoms with E-state index >= 15 is 0 Å². The highest BCUT2D eigenvalue weighted by atomic mass is 35.5. The van der Waals surface area contributed by atoms with Gasteiger partial charge in [0, 0.05) is 5.75 Å². The smallest absolute Gasteiger partial charge is 0.441 e. The maximum atomic E-state index is 13.8. The summed E-state index contributed by atoms with van der Waals surface area (Å²) in [6.45, 7) is -0.476. The van der Waals surface area contributed by atoms with Gasteiger partial charge >= 0.3 is 11.7 Å². The predicted octanol–water partition coefficient (Wildman–Crippen LogP) is 5.04. The highest BCUT2D eigenvalue weighted by Gasteiger charge is 2.30. The lowest BCUT2D eigenvalue weighted by molar-refractivity contribution is -0.123. The maximum Gasteiger partial charge on any atom is 0.441 e. The van der Waals surface area contributed by atoms with Crippen LogP contribution in [0.3, 0.4) is 0 Å². The van der Waals surface area contributed by atoms with Gasteiger partial charge < -0.3 is 10.1 Å². The van der Waals surface area contributed by atoms with Gasteiger partial charge in [-0.15, -0.1) is 0 Å². The van der Waals surface area contributed by atoms with Crippen LogP contribution in [0.1, 0.15) is 17.3 Å². The van der Waals surface area contributed by atoms with Crippen molar-refractivity contribution in [2.24, 2.45) is 5.92 Å². The summed E-state index contributed by atoms with van der Waals surface area (Å²) in [5, 5.41) is 1.14. The molecule has 1 unspecified atom stereocenters. The van der Waals surface area contributed by atoms with E-state index < -0.39 is 52.2 Å². The molecule has 0 spiro atoms. The Morgan fingerprint density at radius 2 is 1.88 bits per heavy atom. The quantitative estimate of drug-likeness (QED) is 0.620. The van der Waals surface area contributed by atoms with Crippen LogP contribution in [0.4, 0.5) is 30.7 Å². The molecule has 1 aromatic carbocycles. The minimum Gasteiger partial charge on any atom is -0.490 e. The van der Waals surface area contributed by atoms with Gasteiger partial charge in [0.1, 0.15) is 6.54 Å². The van der Waals surface area contributed by atoms with Crippen molar-refractivity contribution in [1.29, 1.82) is 0 Å². The maximum absolute atomic E-state index is 13.8. The predicted molar refractivity (Wildman–Crippen MR) is 83.0 cm³/mol. The van der Waals surface area contributed by atoms with E-state index in [1.165, 1.54) is 6.92 Å². The minimum atomic E-state index is -4.65. The van der Waals surface area contributed by atoms with E-state index in [-0.39, 0.29) is 24.1 Å². The summed E-state index contributed by atoms with van der Waals surface area (Å²) in [7, 11) is 0. The fraction of sp³-hybridized carbons (Fsp3) is 0.500. The van der Waals surface area contributed by atoms with E-state index in [1.54, 1.807) is 5.32 Å². The number of ether oxygens (including phenoxy) is 1. The van der Waals surface area contributed by atoms with Gasteiger partial charge in [-0.3, -0.25) is 4.79 Å². The van der Waals surface area contributed by atoms with Crippen LogP contribution in [-0.2, 0) is 0 Å². The summed E-state index contributed by atoms with van der Waals surface area (Å²) in [6, 6.07) is 1.47. The number of hydrogen-bond acceptors (Lipinski definition) is 3. The van der Waals surface area contributed by atoms with E-state index in [0.29, 0.717) is 6.07 Å². The number of amides is 1. The molecule has 1 amide bonds. The molecule has 0 aliphatic carbocycles. The molecule has 0 fully saturated rings. The molecule has 26 heavy (non-hydrogen) atoms. The molecule has 148 valence electrons. The van der Waals surface area contributed by atoms with Crippen LogP contribution in [0.15, 0.2) is 12.1 Å². The van der Waals surface area contributed by atoms with Gasteiger partial charge in [-0.05, 0) is 18.1 Å². The van der Waals surface area contributed by atoms with Crippen molar-refractivity contribution in [3.63, 3.8) is 0 Å². The van der Waals surface area contributed by atoms with Crippen LogP contribution in [0, 0.1) is 11.7 Å². The second-order valence-electron chi connectivity index (χ2n) is 5.23. The molecule has 12 heteroatoms. The Morgan fingerprint density at radius 1 is 1.27 bits per heavy atom. The molecule has 1 N–H and O–H groups in total. The number of rotatable bonds is 7. The van der Waals surface area contributed by atoms with Crippen LogP contribution in [0.2, 0.25) is 5.02 Å². The van der Waals surface area contributed by atoms with Crippen LogP contribution in [-0.4, -0.2) is 36.5 Å². The number of thioether (sulfide) groups is 1. The van der Waals surface area contributed by atoms with Crippen molar-refractivity contribution < 1.29 is 40.3 Å². The first-order valence-corrected chi connectivity index (χ1v) is 8.32. The summed E-state index contributed by atoms with van der Waals surface area (Å²) < 4.78 is 91.5. The van der Waals surface area contributed by atoms with Crippen molar-refractivity contribution in [1.82, 2.24) is 5.32 Å². The van der Waals surface area contributed by atoms with Gasteiger partial charge in [-0.1, -0.05) is 30.3 Å². The van der Waals surface area contributed by atoms with Crippen molar-refractivity contribution in [3.05, 3.63) is 28.5 Å². The summed E-state index contributed by atoms with van der Waals surface area (Å²) >= 11 is 5.38. The molecular weight excluding hydrogens is 415 g/mol. The standard InChI is InChI=1S/C14H13ClF7NO2S/c1-7(5-26-14(20,21)22)4-25-11-2-8(9(15)3-10(11)16)12(24)23-6-13(17,18)19/h2-3,7H,4-6H2,1H3,(H,23,24). The largest absolute Gasteiger partial charge is 0.490 e. The average Bonchev–Trinajstić information content (AvgIpc) is 2.48. The van der Waals surface area contributed by atoms with Crippen LogP contribution in [0.25, 0.3) is 0 Å². The summed E-state index contributed by atoms with van der Waals surface area (Å²) in [5.74, 6) is -3.65. The molecule has 0 aromatic heterocycles. The number of halogens is 8. The number of nitrogens with one attached hydrogen (secondary N) is 1. The zero-order valence-electron chi connectivity index (χ0n) is 13.1. The zero-order valence-corrected chi connectivity index (χ0v) is 14.7. The molecule has 0 saturated carbocycles. The molecule has 1 aromatic rings. The van der Waals surface area contributed by atoms with Crippen molar-refractivity contribution >= 4 is 29.3 Å². The van der Waals surface area contributed by atoms with Gasteiger partial charge in [0.15, 0.2) is 11.6 Å². The van der Waals surface area contributed by atoms with E-state index in [0.717, 1.165) is 6.07 Å². The fourth-order valence-electron chi connectivity index (χ4n) is 1.61. The molecule has 0 heterocycles. The number of benzene rings is 1. The minimum absolute atomic E-state index is 0.265. The molecule has 0 aliphatic rings. The number of hydrogen-bond donors (Lipinski definition) is 1. The topological polar surface area (TPSA) is 38.3 Å². The molecular formula is C14H13ClF7NO2S. The number of alkyl halides is 6. The van der Waals surface area contributed by atoms with Gasteiger partial charge in [0.05, 0.1) is 17.2 Å². The molecule has 3 nitrogen and oxygen atoms in total. The van der Waals surface area contributed by atoms with Gasteiger partial charge in [0.2, 0.25) is 0 Å². The first-order chi connectivity index (χ1) is 11.8. The summed E-state index contributed by atoms with van der Waals surface area (Å²) in [4.78, 5) is 11.7. The second-order valence-corrected chi connectivity index (χ2v) is 6.73. The Kier molecular flexibility index (Phi) is 7.87. The van der Waals surface area contributed by atoms with Crippen molar-refractivity contribution in [3.8, 4) is 5.75 Å². The van der Waals surface area contributed by atoms with Crippen molar-refractivity contribution in [2.45, 2.75) is 18.6 Å². The Bertz CT molecular complexity index is 637. The van der Waals surface area contributed by atoms with Gasteiger partial charge in [-0.25, -0.2) is 4.39 Å². The first-order valence-electron chi connectivity index (χ1n) is 6.96. The second kappa shape index (κ2) is 9.03. The van der Waals surface area contributed by atoms with E-state index in [9.17, 15) is 35.5 Å². The molecule has 0 bridgehead atoms. The Balaban J connectivity index is 2.76. The monoisotopic (exact) mass is 427 g/mol. The first kappa shape index (κ1) is 22.7. The zero-order chi connectivity index (χ0) is 20.1. The SMILES string of the molecule is CC(COc1cc(C(=O)NCC(F)(F)F)c(Cl)cc1F)CSC(F)(F)F. The molecule has 1 rings (SSSR count). The molecule has 0 radical (unpaired) electrons. The molecule has 0 saturated heterocycles. The fourth-order valence-corrected chi connectivity index (χ4v) is 2.41. The van der Waals surface area contributed by atoms with Gasteiger partial charge in [0.25, 0.3) is 5.91 Å². The summed E-state index contributed by atoms with van der Waals surface area (Å²) in [6.07, 6.45) is -4.65. The molecule has 0 aliphatic heterocycles. The van der Waals surface area contributed by atoms with Gasteiger partial charge in [-0.2, -0.15) is 26.3 Å². The highest BCUT2D eigenvalue weighted by molar-refractivity contribution is 8.00. The van der Waals surface area contributed by atoms with Crippen LogP contribution >= 0.6 is 23.4 Å². The normalized spacial score (nSPS) is 13.4. The Hall–Kier alpha value is -1.36. The third kappa shape index (κ3) is 8.35. The van der Waals surface area contributed by atoms with Crippen LogP contribution in [0.5, 0.6) is 5.75 Å². The lowest BCUT2D eigenvalue weighted by Crippen LogP contribution is -2.33.